The average Bonchev–Trinajstić information content (AvgIpc) is 2.64. The second-order valence-corrected chi connectivity index (χ2v) is 4.53. The largest absolute Gasteiger partial charge is 0.307 e. The number of benzene rings is 1. The van der Waals surface area contributed by atoms with E-state index in [2.05, 4.69) is 56.1 Å². The third-order valence-corrected chi connectivity index (χ3v) is 3.07. The molecule has 0 bridgehead atoms. The van der Waals surface area contributed by atoms with Crippen molar-refractivity contribution in [2.75, 3.05) is 20.6 Å². The fourth-order valence-electron chi connectivity index (χ4n) is 1.60. The first kappa shape index (κ1) is 10.2. The highest BCUT2D eigenvalue weighted by molar-refractivity contribution is 5.80. The van der Waals surface area contributed by atoms with Crippen LogP contribution in [-0.2, 0) is 0 Å². The Hall–Kier alpha value is -1.35. The van der Waals surface area contributed by atoms with Gasteiger partial charge in [0.15, 0.2) is 0 Å². The Kier molecular flexibility index (Phi) is 2.27. The van der Waals surface area contributed by atoms with Crippen molar-refractivity contribution in [3.63, 3.8) is 0 Å². The molecule has 1 aromatic heterocycles. The van der Waals surface area contributed by atoms with Crippen LogP contribution in [0.15, 0.2) is 18.2 Å². The second-order valence-electron chi connectivity index (χ2n) is 4.53. The van der Waals surface area contributed by atoms with E-state index in [0.29, 0.717) is 0 Å². The van der Waals surface area contributed by atoms with E-state index in [1.54, 1.807) is 0 Å². The van der Waals surface area contributed by atoms with Gasteiger partial charge in [-0.15, -0.1) is 0 Å². The lowest BCUT2D eigenvalue weighted by Crippen LogP contribution is -2.40. The summed E-state index contributed by atoms with van der Waals surface area (Å²) in [4.78, 5) is 8.06. The molecule has 2 aromatic rings. The summed E-state index contributed by atoms with van der Waals surface area (Å²) in [6.45, 7) is 5.29. The van der Waals surface area contributed by atoms with Crippen LogP contribution in [0.5, 0.6) is 0 Å². The van der Waals surface area contributed by atoms with Crippen molar-refractivity contribution < 1.29 is 0 Å². The summed E-state index contributed by atoms with van der Waals surface area (Å²) < 4.78 is 0.786. The number of para-hydroxylation sites is 1. The molecule has 0 aliphatic carbocycles. The quantitative estimate of drug-likeness (QED) is 0.748. The van der Waals surface area contributed by atoms with Gasteiger partial charge in [-0.3, -0.25) is 9.47 Å². The third kappa shape index (κ3) is 1.63. The first-order valence-corrected chi connectivity index (χ1v) is 5.33. The normalized spacial score (nSPS) is 12.3. The van der Waals surface area contributed by atoms with E-state index in [1.807, 2.05) is 0 Å². The average molecular weight is 204 g/mol. The minimum Gasteiger partial charge on any atom is -0.292 e. The van der Waals surface area contributed by atoms with Gasteiger partial charge in [-0.05, 0) is 25.5 Å². The maximum Gasteiger partial charge on any atom is 0.307 e. The smallest absolute Gasteiger partial charge is 0.292 e. The molecule has 0 spiro atoms. The van der Waals surface area contributed by atoms with Crippen molar-refractivity contribution in [1.82, 2.24) is 14.5 Å². The van der Waals surface area contributed by atoms with Crippen molar-refractivity contribution >= 4 is 17.0 Å². The molecule has 1 heterocycles. The summed E-state index contributed by atoms with van der Waals surface area (Å²) in [5.74, 6) is 1.03. The standard InChI is InChI=1S/C12H18N3/c1-5-15(3,4)12-13-10-8-6-7-9(2)11(10)14-12/h6-8H,5H2,1-4H3,(H,13,14)/q+1. The Balaban J connectivity index is 2.62. The monoisotopic (exact) mass is 204 g/mol. The number of imidazole rings is 1. The zero-order chi connectivity index (χ0) is 11.1. The van der Waals surface area contributed by atoms with Crippen LogP contribution in [0.25, 0.3) is 11.0 Å². The predicted molar refractivity (Wildman–Crippen MR) is 65.0 cm³/mol. The molecule has 0 unspecified atom stereocenters. The Morgan fingerprint density at radius 3 is 2.67 bits per heavy atom. The highest BCUT2D eigenvalue weighted by atomic mass is 15.4. The van der Waals surface area contributed by atoms with Crippen molar-refractivity contribution in [1.29, 1.82) is 0 Å². The lowest BCUT2D eigenvalue weighted by Gasteiger charge is -2.23. The van der Waals surface area contributed by atoms with Gasteiger partial charge < -0.3 is 0 Å². The molecule has 15 heavy (non-hydrogen) atoms. The van der Waals surface area contributed by atoms with E-state index >= 15 is 0 Å². The number of quaternary nitrogens is 1. The number of H-pyrrole nitrogens is 1. The Morgan fingerprint density at radius 2 is 2.07 bits per heavy atom. The Bertz CT molecular complexity index is 483. The maximum atomic E-state index is 4.67. The topological polar surface area (TPSA) is 28.7 Å². The maximum absolute atomic E-state index is 4.67. The number of rotatable bonds is 2. The van der Waals surface area contributed by atoms with Gasteiger partial charge in [-0.1, -0.05) is 12.1 Å². The lowest BCUT2D eigenvalue weighted by molar-refractivity contribution is 0.402. The van der Waals surface area contributed by atoms with E-state index in [1.165, 1.54) is 5.56 Å². The number of aromatic amines is 1. The minimum absolute atomic E-state index is 0.786. The van der Waals surface area contributed by atoms with Gasteiger partial charge in [-0.2, -0.15) is 4.98 Å². The fourth-order valence-corrected chi connectivity index (χ4v) is 1.60. The van der Waals surface area contributed by atoms with Crippen LogP contribution in [-0.4, -0.2) is 30.6 Å². The molecule has 0 aliphatic rings. The van der Waals surface area contributed by atoms with Crippen LogP contribution < -0.4 is 4.48 Å². The first-order chi connectivity index (χ1) is 7.04. The summed E-state index contributed by atoms with van der Waals surface area (Å²) in [5, 5.41) is 0. The molecule has 0 amide bonds. The molecule has 0 atom stereocenters. The van der Waals surface area contributed by atoms with E-state index < -0.39 is 0 Å². The summed E-state index contributed by atoms with van der Waals surface area (Å²) in [7, 11) is 4.32. The molecule has 80 valence electrons. The van der Waals surface area contributed by atoms with Gasteiger partial charge in [-0.25, -0.2) is 0 Å². The molecule has 1 N–H and O–H groups in total. The van der Waals surface area contributed by atoms with Crippen LogP contribution in [0.4, 0.5) is 5.95 Å². The lowest BCUT2D eigenvalue weighted by atomic mass is 10.2. The van der Waals surface area contributed by atoms with Crippen molar-refractivity contribution in [2.45, 2.75) is 13.8 Å². The molecular weight excluding hydrogens is 186 g/mol. The van der Waals surface area contributed by atoms with E-state index in [4.69, 9.17) is 0 Å². The molecule has 0 fully saturated rings. The second kappa shape index (κ2) is 3.35. The van der Waals surface area contributed by atoms with E-state index in [0.717, 1.165) is 28.0 Å². The Labute approximate surface area is 90.3 Å². The highest BCUT2D eigenvalue weighted by Crippen LogP contribution is 2.22. The number of hydrogen-bond acceptors (Lipinski definition) is 1. The molecular formula is C12H18N3+. The molecule has 0 aliphatic heterocycles. The summed E-state index contributed by atoms with van der Waals surface area (Å²) in [6.07, 6.45) is 0. The molecule has 3 nitrogen and oxygen atoms in total. The summed E-state index contributed by atoms with van der Waals surface area (Å²) in [6, 6.07) is 6.24. The van der Waals surface area contributed by atoms with Gasteiger partial charge in [0.05, 0.1) is 31.7 Å². The molecule has 0 radical (unpaired) electrons. The molecule has 1 aromatic carbocycles. The fraction of sp³-hybridized carbons (Fsp3) is 0.417. The van der Waals surface area contributed by atoms with Crippen molar-refractivity contribution in [3.05, 3.63) is 23.8 Å². The van der Waals surface area contributed by atoms with Crippen LogP contribution in [0.3, 0.4) is 0 Å². The number of hydrogen-bond donors (Lipinski definition) is 1. The van der Waals surface area contributed by atoms with Crippen LogP contribution in [0.2, 0.25) is 0 Å². The number of nitrogens with one attached hydrogen (secondary N) is 1. The van der Waals surface area contributed by atoms with Gasteiger partial charge in [0.25, 0.3) is 0 Å². The third-order valence-electron chi connectivity index (χ3n) is 3.07. The van der Waals surface area contributed by atoms with Gasteiger partial charge in [0.2, 0.25) is 0 Å². The van der Waals surface area contributed by atoms with E-state index in [-0.39, 0.29) is 0 Å². The van der Waals surface area contributed by atoms with Gasteiger partial charge in [0, 0.05) is 0 Å². The minimum atomic E-state index is 0.786. The van der Waals surface area contributed by atoms with Crippen molar-refractivity contribution in [3.8, 4) is 0 Å². The number of fused-ring (bicyclic) bond motifs is 1. The molecule has 0 saturated carbocycles. The van der Waals surface area contributed by atoms with Gasteiger partial charge in [0.1, 0.15) is 0 Å². The number of aromatic nitrogens is 2. The SMILES string of the molecule is CC[N+](C)(C)c1nc2c(C)cccc2[nH]1. The molecule has 3 heteroatoms. The van der Waals surface area contributed by atoms with Gasteiger partial charge >= 0.3 is 5.95 Å². The van der Waals surface area contributed by atoms with Crippen LogP contribution in [0.1, 0.15) is 12.5 Å². The highest BCUT2D eigenvalue weighted by Gasteiger charge is 2.21. The zero-order valence-corrected chi connectivity index (χ0v) is 9.83. The van der Waals surface area contributed by atoms with Crippen LogP contribution >= 0.6 is 0 Å². The van der Waals surface area contributed by atoms with Crippen molar-refractivity contribution in [2.24, 2.45) is 0 Å². The molecule has 2 rings (SSSR count). The summed E-state index contributed by atoms with van der Waals surface area (Å²) >= 11 is 0. The predicted octanol–water partition coefficient (Wildman–Crippen LogP) is 2.46. The number of aryl methyl sites for hydroxylation is 1. The number of nitrogens with zero attached hydrogens (tertiary/aromatic N) is 2. The van der Waals surface area contributed by atoms with Crippen LogP contribution in [0, 0.1) is 6.92 Å². The summed E-state index contributed by atoms with van der Waals surface area (Å²) in [5.41, 5.74) is 3.45. The van der Waals surface area contributed by atoms with E-state index in [9.17, 15) is 0 Å². The zero-order valence-electron chi connectivity index (χ0n) is 9.83. The molecule has 0 saturated heterocycles. The Morgan fingerprint density at radius 1 is 1.33 bits per heavy atom. The first-order valence-electron chi connectivity index (χ1n) is 5.33.